The zero-order valence-electron chi connectivity index (χ0n) is 19.9. The monoisotopic (exact) mass is 539 g/mol. The number of hydrogen-bond donors (Lipinski definition) is 2. The van der Waals surface area contributed by atoms with Gasteiger partial charge in [-0.2, -0.15) is 13.2 Å². The molecule has 2 unspecified atom stereocenters. The molecule has 2 atom stereocenters. The Morgan fingerprint density at radius 2 is 1.73 bits per heavy atom. The Morgan fingerprint density at radius 3 is 2.30 bits per heavy atom. The molecule has 0 aliphatic rings. The summed E-state index contributed by atoms with van der Waals surface area (Å²) in [5, 5.41) is 2.63. The lowest BCUT2D eigenvalue weighted by atomic mass is 9.99. The molecule has 0 radical (unpaired) electrons. The predicted octanol–water partition coefficient (Wildman–Crippen LogP) is 4.79. The van der Waals surface area contributed by atoms with Crippen LogP contribution in [0, 0.1) is 5.82 Å². The van der Waals surface area contributed by atoms with Gasteiger partial charge in [-0.1, -0.05) is 42.5 Å². The molecular weight excluding hydrogens is 514 g/mol. The minimum Gasteiger partial charge on any atom is -0.354 e. The number of anilines is 1. The van der Waals surface area contributed by atoms with Crippen LogP contribution in [0.2, 0.25) is 0 Å². The van der Waals surface area contributed by atoms with E-state index in [1.807, 2.05) is 35.1 Å². The van der Waals surface area contributed by atoms with E-state index in [-0.39, 0.29) is 23.4 Å². The maximum Gasteiger partial charge on any atom is 0.433 e. The third-order valence-electron chi connectivity index (χ3n) is 5.35. The number of rotatable bonds is 10. The molecule has 37 heavy (non-hydrogen) atoms. The molecule has 3 aromatic rings. The van der Waals surface area contributed by atoms with Crippen molar-refractivity contribution < 1.29 is 35.5 Å². The van der Waals surface area contributed by atoms with E-state index in [0.29, 0.717) is 6.42 Å². The van der Waals surface area contributed by atoms with Gasteiger partial charge in [0, 0.05) is 11.8 Å². The van der Waals surface area contributed by atoms with Crippen LogP contribution < -0.4 is 10.0 Å². The first kappa shape index (κ1) is 28.1. The molecule has 0 saturated carbocycles. The minimum absolute atomic E-state index is 0.144. The Bertz CT molecular complexity index is 1320. The molecule has 0 fully saturated rings. The van der Waals surface area contributed by atoms with E-state index in [2.05, 4.69) is 10.3 Å². The number of aromatic nitrogens is 1. The number of hydrogen-bond acceptors (Lipinski definition) is 5. The standard InChI is InChI=1S/C25H25F4N3O4S/c1-16(18-8-10-21(20(26)14-18)32-37(2,34)35)23(33)31-24(36-13-12-17-6-4-3-5-7-17)19-9-11-22(30-15-19)25(27,28)29/h3-11,14-16,24,32H,12-13H2,1-2H3,(H,31,33). The molecule has 2 aromatic carbocycles. The molecule has 12 heteroatoms. The summed E-state index contributed by atoms with van der Waals surface area (Å²) < 4.78 is 83.8. The normalized spacial score (nSPS) is 13.6. The Morgan fingerprint density at radius 1 is 1.05 bits per heavy atom. The number of nitrogens with zero attached hydrogens (tertiary/aromatic N) is 1. The summed E-state index contributed by atoms with van der Waals surface area (Å²) >= 11 is 0. The number of amides is 1. The molecule has 0 aliphatic carbocycles. The van der Waals surface area contributed by atoms with Gasteiger partial charge in [0.25, 0.3) is 0 Å². The fourth-order valence-electron chi connectivity index (χ4n) is 3.38. The van der Waals surface area contributed by atoms with Crippen LogP contribution in [0.15, 0.2) is 66.9 Å². The molecule has 7 nitrogen and oxygen atoms in total. The Hall–Kier alpha value is -3.51. The van der Waals surface area contributed by atoms with Crippen molar-refractivity contribution in [2.75, 3.05) is 17.6 Å². The number of nitrogens with one attached hydrogen (secondary N) is 2. The van der Waals surface area contributed by atoms with Crippen LogP contribution >= 0.6 is 0 Å². The summed E-state index contributed by atoms with van der Waals surface area (Å²) in [6.45, 7) is 1.64. The van der Waals surface area contributed by atoms with Crippen LogP contribution in [0.25, 0.3) is 0 Å². The molecule has 1 aromatic heterocycles. The van der Waals surface area contributed by atoms with Gasteiger partial charge in [-0.25, -0.2) is 12.8 Å². The molecule has 198 valence electrons. The van der Waals surface area contributed by atoms with Crippen molar-refractivity contribution in [2.24, 2.45) is 0 Å². The van der Waals surface area contributed by atoms with E-state index in [4.69, 9.17) is 4.74 Å². The second-order valence-electron chi connectivity index (χ2n) is 8.30. The van der Waals surface area contributed by atoms with Crippen molar-refractivity contribution in [3.8, 4) is 0 Å². The highest BCUT2D eigenvalue weighted by molar-refractivity contribution is 7.92. The van der Waals surface area contributed by atoms with Crippen molar-refractivity contribution >= 4 is 21.6 Å². The maximum absolute atomic E-state index is 14.4. The average molecular weight is 540 g/mol. The Balaban J connectivity index is 1.77. The number of pyridine rings is 1. The van der Waals surface area contributed by atoms with Crippen molar-refractivity contribution in [3.63, 3.8) is 0 Å². The van der Waals surface area contributed by atoms with E-state index in [0.717, 1.165) is 30.1 Å². The molecule has 2 N–H and O–H groups in total. The van der Waals surface area contributed by atoms with Gasteiger partial charge >= 0.3 is 6.18 Å². The van der Waals surface area contributed by atoms with Gasteiger partial charge in [0.15, 0.2) is 6.23 Å². The molecule has 3 rings (SSSR count). The maximum atomic E-state index is 14.4. The molecule has 0 aliphatic heterocycles. The van der Waals surface area contributed by atoms with E-state index < -0.39 is 45.8 Å². The summed E-state index contributed by atoms with van der Waals surface area (Å²) in [5.41, 5.74) is 0.0573. The Kier molecular flexibility index (Phi) is 8.87. The molecule has 1 heterocycles. The molecule has 1 amide bonds. The predicted molar refractivity (Wildman–Crippen MR) is 130 cm³/mol. The first-order valence-electron chi connectivity index (χ1n) is 11.1. The highest BCUT2D eigenvalue weighted by atomic mass is 32.2. The summed E-state index contributed by atoms with van der Waals surface area (Å²) in [5.74, 6) is -2.36. The molecular formula is C25H25F4N3O4S. The quantitative estimate of drug-likeness (QED) is 0.285. The lowest BCUT2D eigenvalue weighted by Crippen LogP contribution is -2.34. The number of benzene rings is 2. The molecule has 0 saturated heterocycles. The summed E-state index contributed by atoms with van der Waals surface area (Å²) in [6.07, 6.45) is -3.40. The van der Waals surface area contributed by atoms with Crippen molar-refractivity contribution in [1.82, 2.24) is 10.3 Å². The van der Waals surface area contributed by atoms with Gasteiger partial charge in [0.2, 0.25) is 15.9 Å². The summed E-state index contributed by atoms with van der Waals surface area (Å²) in [6, 6.07) is 14.9. The number of halogens is 4. The second-order valence-corrected chi connectivity index (χ2v) is 10.1. The van der Waals surface area contributed by atoms with Crippen LogP contribution in [-0.4, -0.2) is 32.2 Å². The smallest absolute Gasteiger partial charge is 0.354 e. The second kappa shape index (κ2) is 11.7. The zero-order chi connectivity index (χ0) is 27.2. The highest BCUT2D eigenvalue weighted by Crippen LogP contribution is 2.29. The largest absolute Gasteiger partial charge is 0.433 e. The summed E-state index contributed by atoms with van der Waals surface area (Å²) in [4.78, 5) is 16.4. The van der Waals surface area contributed by atoms with E-state index in [1.54, 1.807) is 0 Å². The van der Waals surface area contributed by atoms with Crippen LogP contribution in [0.4, 0.5) is 23.2 Å². The molecule has 0 spiro atoms. The van der Waals surface area contributed by atoms with Crippen molar-refractivity contribution in [3.05, 3.63) is 95.1 Å². The number of alkyl halides is 3. The lowest BCUT2D eigenvalue weighted by Gasteiger charge is -2.22. The minimum atomic E-state index is -4.62. The first-order chi connectivity index (χ1) is 17.3. The molecule has 0 bridgehead atoms. The number of carbonyl (C=O) groups is 1. The SMILES string of the molecule is CC(C(=O)NC(OCCc1ccccc1)c1ccc(C(F)(F)F)nc1)c1ccc(NS(C)(=O)=O)c(F)c1. The fourth-order valence-corrected chi connectivity index (χ4v) is 3.94. The van der Waals surface area contributed by atoms with E-state index >= 15 is 0 Å². The number of sulfonamides is 1. The van der Waals surface area contributed by atoms with Crippen molar-refractivity contribution in [2.45, 2.75) is 31.7 Å². The Labute approximate surface area is 211 Å². The average Bonchev–Trinajstić information content (AvgIpc) is 2.83. The van der Waals surface area contributed by atoms with Gasteiger partial charge in [0.05, 0.1) is 24.5 Å². The van der Waals surface area contributed by atoms with Gasteiger partial charge < -0.3 is 10.1 Å². The zero-order valence-corrected chi connectivity index (χ0v) is 20.7. The first-order valence-corrected chi connectivity index (χ1v) is 13.0. The highest BCUT2D eigenvalue weighted by Gasteiger charge is 2.32. The van der Waals surface area contributed by atoms with E-state index in [1.165, 1.54) is 25.1 Å². The fraction of sp³-hybridized carbons (Fsp3) is 0.280. The van der Waals surface area contributed by atoms with Gasteiger partial charge in [-0.05, 0) is 42.7 Å². The van der Waals surface area contributed by atoms with Crippen LogP contribution in [0.5, 0.6) is 0 Å². The van der Waals surface area contributed by atoms with Crippen LogP contribution in [-0.2, 0) is 32.2 Å². The topological polar surface area (TPSA) is 97.4 Å². The van der Waals surface area contributed by atoms with Crippen molar-refractivity contribution in [1.29, 1.82) is 0 Å². The third-order valence-corrected chi connectivity index (χ3v) is 5.94. The van der Waals surface area contributed by atoms with Gasteiger partial charge in [-0.15, -0.1) is 0 Å². The number of carbonyl (C=O) groups excluding carboxylic acids is 1. The lowest BCUT2D eigenvalue weighted by molar-refractivity contribution is -0.141. The summed E-state index contributed by atoms with van der Waals surface area (Å²) in [7, 11) is -3.70. The van der Waals surface area contributed by atoms with Gasteiger partial charge in [-0.3, -0.25) is 14.5 Å². The van der Waals surface area contributed by atoms with Crippen LogP contribution in [0.1, 0.15) is 41.5 Å². The van der Waals surface area contributed by atoms with Crippen LogP contribution in [0.3, 0.4) is 0 Å². The number of ether oxygens (including phenoxy) is 1. The van der Waals surface area contributed by atoms with E-state index in [9.17, 15) is 30.8 Å². The third kappa shape index (κ3) is 8.25. The van der Waals surface area contributed by atoms with Gasteiger partial charge in [0.1, 0.15) is 11.5 Å².